The molecule has 2 atom stereocenters. The molecular formula is C17H16O3. The van der Waals surface area contributed by atoms with E-state index in [2.05, 4.69) is 6.07 Å². The Morgan fingerprint density at radius 1 is 1.10 bits per heavy atom. The number of rotatable bonds is 4. The van der Waals surface area contributed by atoms with Crippen molar-refractivity contribution in [3.05, 3.63) is 65.7 Å². The Balaban J connectivity index is 1.87. The van der Waals surface area contributed by atoms with E-state index in [4.69, 9.17) is 4.74 Å². The lowest BCUT2D eigenvalue weighted by molar-refractivity contribution is -0.146. The van der Waals surface area contributed by atoms with Crippen LogP contribution in [0.1, 0.15) is 23.5 Å². The van der Waals surface area contributed by atoms with Gasteiger partial charge in [-0.2, -0.15) is 0 Å². The van der Waals surface area contributed by atoms with Crippen LogP contribution in [0, 0.1) is 0 Å². The maximum absolute atomic E-state index is 11.6. The third-order valence-electron chi connectivity index (χ3n) is 3.79. The van der Waals surface area contributed by atoms with Crippen molar-refractivity contribution in [1.29, 1.82) is 0 Å². The van der Waals surface area contributed by atoms with Crippen molar-refractivity contribution in [2.45, 2.75) is 24.9 Å². The average molecular weight is 268 g/mol. The first kappa shape index (κ1) is 12.7. The first-order chi connectivity index (χ1) is 9.75. The van der Waals surface area contributed by atoms with E-state index < -0.39 is 12.1 Å². The van der Waals surface area contributed by atoms with Crippen molar-refractivity contribution in [2.75, 3.05) is 0 Å². The molecule has 0 heterocycles. The predicted molar refractivity (Wildman–Crippen MR) is 76.0 cm³/mol. The minimum atomic E-state index is -0.907. The molecule has 0 saturated carbocycles. The third-order valence-corrected chi connectivity index (χ3v) is 3.79. The largest absolute Gasteiger partial charge is 0.478 e. The Labute approximate surface area is 117 Å². The molecular weight excluding hydrogens is 252 g/mol. The van der Waals surface area contributed by atoms with Crippen LogP contribution in [0.2, 0.25) is 0 Å². The Morgan fingerprint density at radius 2 is 1.80 bits per heavy atom. The molecule has 0 aromatic heterocycles. The van der Waals surface area contributed by atoms with Gasteiger partial charge in [0.1, 0.15) is 5.75 Å². The number of ether oxygens (including phenoxy) is 1. The summed E-state index contributed by atoms with van der Waals surface area (Å²) in [4.78, 5) is 11.6. The molecule has 0 aliphatic heterocycles. The first-order valence-corrected chi connectivity index (χ1v) is 6.78. The summed E-state index contributed by atoms with van der Waals surface area (Å²) in [5.41, 5.74) is 2.34. The molecule has 0 fully saturated rings. The van der Waals surface area contributed by atoms with Gasteiger partial charge in [-0.25, -0.2) is 4.79 Å². The van der Waals surface area contributed by atoms with Gasteiger partial charge >= 0.3 is 5.97 Å². The Bertz CT molecular complexity index is 607. The van der Waals surface area contributed by atoms with Gasteiger partial charge in [-0.05, 0) is 36.1 Å². The quantitative estimate of drug-likeness (QED) is 0.925. The lowest BCUT2D eigenvalue weighted by atomic mass is 9.95. The minimum Gasteiger partial charge on any atom is -0.478 e. The molecule has 0 amide bonds. The Kier molecular flexibility index (Phi) is 3.42. The molecule has 3 rings (SSSR count). The van der Waals surface area contributed by atoms with Crippen LogP contribution in [0.25, 0.3) is 0 Å². The van der Waals surface area contributed by atoms with Crippen molar-refractivity contribution in [3.63, 3.8) is 0 Å². The van der Waals surface area contributed by atoms with E-state index in [0.717, 1.165) is 18.4 Å². The first-order valence-electron chi connectivity index (χ1n) is 6.78. The number of benzene rings is 2. The lowest BCUT2D eigenvalue weighted by Gasteiger charge is -2.22. The van der Waals surface area contributed by atoms with Crippen LogP contribution in [0.3, 0.4) is 0 Å². The second kappa shape index (κ2) is 5.37. The average Bonchev–Trinajstić information content (AvgIpc) is 2.89. The van der Waals surface area contributed by atoms with Crippen molar-refractivity contribution in [1.82, 2.24) is 0 Å². The van der Waals surface area contributed by atoms with Crippen LogP contribution in [-0.2, 0) is 11.2 Å². The highest BCUT2D eigenvalue weighted by atomic mass is 16.5. The van der Waals surface area contributed by atoms with Crippen LogP contribution in [-0.4, -0.2) is 17.2 Å². The zero-order valence-electron chi connectivity index (χ0n) is 11.0. The number of hydrogen-bond acceptors (Lipinski definition) is 2. The molecule has 2 aromatic carbocycles. The monoisotopic (exact) mass is 268 g/mol. The van der Waals surface area contributed by atoms with Crippen LogP contribution in [0.4, 0.5) is 0 Å². The standard InChI is InChI=1S/C17H16O3/c18-17(19)16(20-13-7-2-1-3-8-13)15-11-10-12-6-4-5-9-14(12)15/h1-9,15-16H,10-11H2,(H,18,19). The molecule has 0 bridgehead atoms. The maximum atomic E-state index is 11.6. The zero-order chi connectivity index (χ0) is 13.9. The van der Waals surface area contributed by atoms with E-state index in [1.54, 1.807) is 12.1 Å². The van der Waals surface area contributed by atoms with E-state index in [9.17, 15) is 9.90 Å². The fourth-order valence-electron chi connectivity index (χ4n) is 2.85. The van der Waals surface area contributed by atoms with Gasteiger partial charge in [-0.1, -0.05) is 42.5 Å². The smallest absolute Gasteiger partial charge is 0.345 e. The molecule has 102 valence electrons. The van der Waals surface area contributed by atoms with Gasteiger partial charge in [-0.15, -0.1) is 0 Å². The van der Waals surface area contributed by atoms with Gasteiger partial charge in [0.15, 0.2) is 0 Å². The van der Waals surface area contributed by atoms with Crippen LogP contribution < -0.4 is 4.74 Å². The molecule has 3 nitrogen and oxygen atoms in total. The number of fused-ring (bicyclic) bond motifs is 1. The molecule has 2 aromatic rings. The molecule has 1 aliphatic rings. The minimum absolute atomic E-state index is 0.0797. The van der Waals surface area contributed by atoms with E-state index in [1.807, 2.05) is 36.4 Å². The number of hydrogen-bond donors (Lipinski definition) is 1. The molecule has 2 unspecified atom stereocenters. The molecule has 0 radical (unpaired) electrons. The highest BCUT2D eigenvalue weighted by Crippen LogP contribution is 2.37. The summed E-state index contributed by atoms with van der Waals surface area (Å²) in [5, 5.41) is 9.50. The summed E-state index contributed by atoms with van der Waals surface area (Å²) in [6.07, 6.45) is 0.910. The summed E-state index contributed by atoms with van der Waals surface area (Å²) in [5.74, 6) is -0.385. The summed E-state index contributed by atoms with van der Waals surface area (Å²) >= 11 is 0. The molecule has 1 N–H and O–H groups in total. The molecule has 20 heavy (non-hydrogen) atoms. The zero-order valence-corrected chi connectivity index (χ0v) is 11.0. The van der Waals surface area contributed by atoms with E-state index in [0.29, 0.717) is 5.75 Å². The van der Waals surface area contributed by atoms with Crippen molar-refractivity contribution < 1.29 is 14.6 Å². The molecule has 1 aliphatic carbocycles. The van der Waals surface area contributed by atoms with E-state index >= 15 is 0 Å². The van der Waals surface area contributed by atoms with Gasteiger partial charge in [-0.3, -0.25) is 0 Å². The lowest BCUT2D eigenvalue weighted by Crippen LogP contribution is -2.32. The van der Waals surface area contributed by atoms with Crippen LogP contribution >= 0.6 is 0 Å². The fourth-order valence-corrected chi connectivity index (χ4v) is 2.85. The summed E-state index contributed by atoms with van der Waals surface area (Å²) in [7, 11) is 0. The number of aryl methyl sites for hydroxylation is 1. The van der Waals surface area contributed by atoms with Gasteiger partial charge in [0.2, 0.25) is 6.10 Å². The Morgan fingerprint density at radius 3 is 2.55 bits per heavy atom. The maximum Gasteiger partial charge on any atom is 0.345 e. The number of carboxylic acid groups (broad SMARTS) is 1. The van der Waals surface area contributed by atoms with Crippen LogP contribution in [0.5, 0.6) is 5.75 Å². The van der Waals surface area contributed by atoms with E-state index in [-0.39, 0.29) is 5.92 Å². The number of aliphatic carboxylic acids is 1. The van der Waals surface area contributed by atoms with Crippen molar-refractivity contribution in [3.8, 4) is 5.75 Å². The number of para-hydroxylation sites is 1. The predicted octanol–water partition coefficient (Wildman–Crippen LogP) is 3.25. The number of carboxylic acids is 1. The van der Waals surface area contributed by atoms with Gasteiger partial charge in [0, 0.05) is 5.92 Å². The second-order valence-corrected chi connectivity index (χ2v) is 5.03. The van der Waals surface area contributed by atoms with Gasteiger partial charge < -0.3 is 9.84 Å². The topological polar surface area (TPSA) is 46.5 Å². The van der Waals surface area contributed by atoms with Crippen molar-refractivity contribution >= 4 is 5.97 Å². The SMILES string of the molecule is O=C(O)C(Oc1ccccc1)C1CCc2ccccc21. The normalized spacial score (nSPS) is 18.3. The molecule has 0 saturated heterocycles. The highest BCUT2D eigenvalue weighted by Gasteiger charge is 2.35. The third kappa shape index (κ3) is 2.39. The molecule has 3 heteroatoms. The second-order valence-electron chi connectivity index (χ2n) is 5.03. The van der Waals surface area contributed by atoms with E-state index in [1.165, 1.54) is 5.56 Å². The summed E-state index contributed by atoms with van der Waals surface area (Å²) in [6, 6.07) is 17.2. The summed E-state index contributed by atoms with van der Waals surface area (Å²) in [6.45, 7) is 0. The van der Waals surface area contributed by atoms with Gasteiger partial charge in [0.05, 0.1) is 0 Å². The van der Waals surface area contributed by atoms with Crippen LogP contribution in [0.15, 0.2) is 54.6 Å². The Hall–Kier alpha value is -2.29. The van der Waals surface area contributed by atoms with Crippen molar-refractivity contribution in [2.24, 2.45) is 0 Å². The summed E-state index contributed by atoms with van der Waals surface area (Å²) < 4.78 is 5.72. The fraction of sp³-hybridized carbons (Fsp3) is 0.235. The highest BCUT2D eigenvalue weighted by molar-refractivity contribution is 5.74. The van der Waals surface area contributed by atoms with Gasteiger partial charge in [0.25, 0.3) is 0 Å². The molecule has 0 spiro atoms. The number of carbonyl (C=O) groups is 1.